The molecule has 2 aromatic rings. The standard InChI is InChI=1S/C14H19N3O2/c1-10-15-12-9-11(6-7-13(12)16(10)2)17(3)14(19)5-4-8-18/h6-7,9,18H,4-5,8H2,1-3H3. The molecule has 0 fully saturated rings. The van der Waals surface area contributed by atoms with Crippen LogP contribution in [0.2, 0.25) is 0 Å². The van der Waals surface area contributed by atoms with Gasteiger partial charge in [-0.25, -0.2) is 4.98 Å². The number of benzene rings is 1. The molecule has 0 radical (unpaired) electrons. The zero-order valence-corrected chi connectivity index (χ0v) is 11.6. The summed E-state index contributed by atoms with van der Waals surface area (Å²) in [5.41, 5.74) is 2.77. The number of hydrogen-bond donors (Lipinski definition) is 1. The van der Waals surface area contributed by atoms with Crippen molar-refractivity contribution in [3.8, 4) is 0 Å². The number of rotatable bonds is 4. The number of anilines is 1. The van der Waals surface area contributed by atoms with E-state index in [1.165, 1.54) is 0 Å². The molecular formula is C14H19N3O2. The van der Waals surface area contributed by atoms with E-state index in [0.29, 0.717) is 12.8 Å². The number of nitrogens with zero attached hydrogens (tertiary/aromatic N) is 3. The van der Waals surface area contributed by atoms with Crippen LogP contribution in [-0.2, 0) is 11.8 Å². The van der Waals surface area contributed by atoms with Crippen LogP contribution in [0.25, 0.3) is 11.0 Å². The van der Waals surface area contributed by atoms with E-state index < -0.39 is 0 Å². The van der Waals surface area contributed by atoms with E-state index >= 15 is 0 Å². The molecule has 0 spiro atoms. The van der Waals surface area contributed by atoms with E-state index in [4.69, 9.17) is 5.11 Å². The zero-order valence-electron chi connectivity index (χ0n) is 11.6. The zero-order chi connectivity index (χ0) is 14.0. The highest BCUT2D eigenvalue weighted by Gasteiger charge is 2.12. The molecule has 1 heterocycles. The lowest BCUT2D eigenvalue weighted by Gasteiger charge is -2.17. The summed E-state index contributed by atoms with van der Waals surface area (Å²) in [7, 11) is 3.72. The third-order valence-electron chi connectivity index (χ3n) is 3.40. The topological polar surface area (TPSA) is 58.4 Å². The molecular weight excluding hydrogens is 242 g/mol. The molecule has 5 nitrogen and oxygen atoms in total. The first-order valence-corrected chi connectivity index (χ1v) is 6.35. The van der Waals surface area contributed by atoms with E-state index in [0.717, 1.165) is 22.5 Å². The molecule has 0 atom stereocenters. The maximum absolute atomic E-state index is 11.9. The normalized spacial score (nSPS) is 10.9. The van der Waals surface area contributed by atoms with E-state index in [1.54, 1.807) is 11.9 Å². The summed E-state index contributed by atoms with van der Waals surface area (Å²) in [6.07, 6.45) is 0.848. The number of fused-ring (bicyclic) bond motifs is 1. The average Bonchev–Trinajstić information content (AvgIpc) is 2.70. The maximum Gasteiger partial charge on any atom is 0.226 e. The average molecular weight is 261 g/mol. The van der Waals surface area contributed by atoms with Crippen LogP contribution in [0.15, 0.2) is 18.2 Å². The molecule has 0 aliphatic rings. The summed E-state index contributed by atoms with van der Waals surface area (Å²) in [5.74, 6) is 0.947. The lowest BCUT2D eigenvalue weighted by molar-refractivity contribution is -0.118. The molecule has 0 aliphatic heterocycles. The number of carbonyl (C=O) groups excluding carboxylic acids is 1. The van der Waals surface area contributed by atoms with Gasteiger partial charge in [-0.3, -0.25) is 4.79 Å². The largest absolute Gasteiger partial charge is 0.396 e. The molecule has 2 rings (SSSR count). The number of aliphatic hydroxyl groups excluding tert-OH is 1. The number of hydrogen-bond acceptors (Lipinski definition) is 3. The van der Waals surface area contributed by atoms with Gasteiger partial charge in [0.25, 0.3) is 0 Å². The number of aliphatic hydroxyl groups is 1. The van der Waals surface area contributed by atoms with Gasteiger partial charge in [-0.05, 0) is 31.5 Å². The molecule has 5 heteroatoms. The predicted octanol–water partition coefficient (Wildman–Crippen LogP) is 1.62. The lowest BCUT2D eigenvalue weighted by Crippen LogP contribution is -2.26. The minimum atomic E-state index is 0.000975. The van der Waals surface area contributed by atoms with Crippen molar-refractivity contribution in [2.24, 2.45) is 7.05 Å². The van der Waals surface area contributed by atoms with Crippen LogP contribution in [0, 0.1) is 6.92 Å². The molecule has 0 saturated heterocycles. The van der Waals surface area contributed by atoms with Gasteiger partial charge in [0.1, 0.15) is 5.82 Å². The van der Waals surface area contributed by atoms with Crippen molar-refractivity contribution in [1.29, 1.82) is 0 Å². The van der Waals surface area contributed by atoms with Gasteiger partial charge in [-0.15, -0.1) is 0 Å². The van der Waals surface area contributed by atoms with E-state index in [2.05, 4.69) is 4.98 Å². The van der Waals surface area contributed by atoms with Crippen molar-refractivity contribution in [1.82, 2.24) is 9.55 Å². The van der Waals surface area contributed by atoms with Crippen molar-refractivity contribution >= 4 is 22.6 Å². The Morgan fingerprint density at radius 1 is 1.47 bits per heavy atom. The molecule has 0 bridgehead atoms. The van der Waals surface area contributed by atoms with E-state index in [-0.39, 0.29) is 12.5 Å². The van der Waals surface area contributed by atoms with Gasteiger partial charge >= 0.3 is 0 Å². The van der Waals surface area contributed by atoms with Crippen LogP contribution in [0.5, 0.6) is 0 Å². The number of amides is 1. The minimum Gasteiger partial charge on any atom is -0.396 e. The van der Waals surface area contributed by atoms with E-state index in [1.807, 2.05) is 36.7 Å². The lowest BCUT2D eigenvalue weighted by atomic mass is 10.2. The highest BCUT2D eigenvalue weighted by molar-refractivity contribution is 5.94. The summed E-state index contributed by atoms with van der Waals surface area (Å²) in [4.78, 5) is 18.0. The molecule has 1 aromatic carbocycles. The van der Waals surface area contributed by atoms with Gasteiger partial charge in [0, 0.05) is 32.8 Å². The van der Waals surface area contributed by atoms with Gasteiger partial charge in [0.15, 0.2) is 0 Å². The highest BCUT2D eigenvalue weighted by atomic mass is 16.3. The van der Waals surface area contributed by atoms with Crippen LogP contribution in [-0.4, -0.2) is 34.2 Å². The van der Waals surface area contributed by atoms with Crippen molar-refractivity contribution in [2.75, 3.05) is 18.6 Å². The second kappa shape index (κ2) is 5.40. The third-order valence-corrected chi connectivity index (χ3v) is 3.40. The second-order valence-electron chi connectivity index (χ2n) is 4.67. The van der Waals surface area contributed by atoms with Crippen molar-refractivity contribution in [2.45, 2.75) is 19.8 Å². The molecule has 102 valence electrons. The van der Waals surface area contributed by atoms with Crippen molar-refractivity contribution in [3.63, 3.8) is 0 Å². The first-order chi connectivity index (χ1) is 9.04. The monoisotopic (exact) mass is 261 g/mol. The van der Waals surface area contributed by atoms with Gasteiger partial charge in [-0.1, -0.05) is 0 Å². The molecule has 1 amide bonds. The van der Waals surface area contributed by atoms with Crippen LogP contribution in [0.3, 0.4) is 0 Å². The quantitative estimate of drug-likeness (QED) is 0.909. The molecule has 0 saturated carbocycles. The fourth-order valence-corrected chi connectivity index (χ4v) is 2.06. The number of aryl methyl sites for hydroxylation is 2. The Bertz CT molecular complexity index is 604. The first kappa shape index (κ1) is 13.5. The van der Waals surface area contributed by atoms with Crippen LogP contribution < -0.4 is 4.90 Å². The summed E-state index contributed by atoms with van der Waals surface area (Å²) in [6.45, 7) is 1.99. The van der Waals surface area contributed by atoms with Gasteiger partial charge in [0.05, 0.1) is 11.0 Å². The number of imidazole rings is 1. The first-order valence-electron chi connectivity index (χ1n) is 6.35. The van der Waals surface area contributed by atoms with Gasteiger partial charge in [-0.2, -0.15) is 0 Å². The Morgan fingerprint density at radius 2 is 2.21 bits per heavy atom. The van der Waals surface area contributed by atoms with Gasteiger partial charge in [0.2, 0.25) is 5.91 Å². The predicted molar refractivity (Wildman–Crippen MR) is 75.2 cm³/mol. The highest BCUT2D eigenvalue weighted by Crippen LogP contribution is 2.22. The Labute approximate surface area is 112 Å². The maximum atomic E-state index is 11.9. The van der Waals surface area contributed by atoms with Crippen LogP contribution >= 0.6 is 0 Å². The Hall–Kier alpha value is -1.88. The van der Waals surface area contributed by atoms with E-state index in [9.17, 15) is 4.79 Å². The molecule has 1 aromatic heterocycles. The number of carbonyl (C=O) groups is 1. The summed E-state index contributed by atoms with van der Waals surface area (Å²) >= 11 is 0. The fraction of sp³-hybridized carbons (Fsp3) is 0.429. The summed E-state index contributed by atoms with van der Waals surface area (Å²) in [6, 6.07) is 5.81. The fourth-order valence-electron chi connectivity index (χ4n) is 2.06. The minimum absolute atomic E-state index is 0.000975. The molecule has 0 aliphatic carbocycles. The SMILES string of the molecule is Cc1nc2cc(N(C)C(=O)CCCO)ccc2n1C. The Kier molecular flexibility index (Phi) is 3.85. The second-order valence-corrected chi connectivity index (χ2v) is 4.67. The van der Waals surface area contributed by atoms with Crippen LogP contribution in [0.4, 0.5) is 5.69 Å². The van der Waals surface area contributed by atoms with Gasteiger partial charge < -0.3 is 14.6 Å². The Balaban J connectivity index is 2.28. The molecule has 0 unspecified atom stereocenters. The molecule has 19 heavy (non-hydrogen) atoms. The van der Waals surface area contributed by atoms with Crippen LogP contribution in [0.1, 0.15) is 18.7 Å². The Morgan fingerprint density at radius 3 is 2.89 bits per heavy atom. The summed E-state index contributed by atoms with van der Waals surface area (Å²) < 4.78 is 2.02. The smallest absolute Gasteiger partial charge is 0.226 e. The number of aromatic nitrogens is 2. The summed E-state index contributed by atoms with van der Waals surface area (Å²) in [5, 5.41) is 8.76. The van der Waals surface area contributed by atoms with Crippen molar-refractivity contribution < 1.29 is 9.90 Å². The molecule has 1 N–H and O–H groups in total. The van der Waals surface area contributed by atoms with Crippen molar-refractivity contribution in [3.05, 3.63) is 24.0 Å². The third kappa shape index (κ3) is 2.61.